The third-order valence-corrected chi connectivity index (χ3v) is 5.04. The van der Waals surface area contributed by atoms with Gasteiger partial charge in [0.25, 0.3) is 0 Å². The summed E-state index contributed by atoms with van der Waals surface area (Å²) in [7, 11) is 0. The fourth-order valence-electron chi connectivity index (χ4n) is 3.64. The average Bonchev–Trinajstić information content (AvgIpc) is 2.89. The molecule has 31 heavy (non-hydrogen) atoms. The van der Waals surface area contributed by atoms with Gasteiger partial charge in [-0.05, 0) is 35.9 Å². The standard InChI is InChI=1S/C24H20N6O/c25-17-11-15(12-21-22(17)23(26)29-18-8-4-5-9-20(18)31-21)19-13-16(28-24(27)30-19)10-14-6-2-1-3-7-14/h1-9,11-13H,10,25H2,(H2,26,29)(H2,27,28,30). The van der Waals surface area contributed by atoms with E-state index in [-0.39, 0.29) is 5.95 Å². The van der Waals surface area contributed by atoms with Gasteiger partial charge in [0.05, 0.1) is 17.0 Å². The molecule has 2 heterocycles. The van der Waals surface area contributed by atoms with Crippen LogP contribution in [0, 0.1) is 0 Å². The van der Waals surface area contributed by atoms with E-state index in [2.05, 4.69) is 15.0 Å². The summed E-state index contributed by atoms with van der Waals surface area (Å²) < 4.78 is 6.12. The zero-order valence-electron chi connectivity index (χ0n) is 16.6. The second-order valence-corrected chi connectivity index (χ2v) is 7.27. The predicted octanol–water partition coefficient (Wildman–Crippen LogP) is 4.04. The Hall–Kier alpha value is -4.39. The summed E-state index contributed by atoms with van der Waals surface area (Å²) in [6.07, 6.45) is 0.643. The molecule has 1 aliphatic heterocycles. The molecular formula is C24H20N6O. The van der Waals surface area contributed by atoms with Gasteiger partial charge in [0.15, 0.2) is 5.75 Å². The first-order valence-electron chi connectivity index (χ1n) is 9.79. The molecule has 4 aromatic rings. The van der Waals surface area contributed by atoms with Gasteiger partial charge in [-0.15, -0.1) is 0 Å². The Morgan fingerprint density at radius 1 is 0.774 bits per heavy atom. The minimum Gasteiger partial charge on any atom is -0.454 e. The molecule has 0 spiro atoms. The van der Waals surface area contributed by atoms with Crippen molar-refractivity contribution in [2.24, 2.45) is 10.7 Å². The Morgan fingerprint density at radius 3 is 2.39 bits per heavy atom. The van der Waals surface area contributed by atoms with Crippen molar-refractivity contribution < 1.29 is 4.74 Å². The summed E-state index contributed by atoms with van der Waals surface area (Å²) in [6, 6.07) is 23.1. The fourth-order valence-corrected chi connectivity index (χ4v) is 3.64. The van der Waals surface area contributed by atoms with Crippen LogP contribution in [-0.4, -0.2) is 15.8 Å². The van der Waals surface area contributed by atoms with E-state index >= 15 is 0 Å². The van der Waals surface area contributed by atoms with Gasteiger partial charge >= 0.3 is 0 Å². The summed E-state index contributed by atoms with van der Waals surface area (Å²) in [6.45, 7) is 0. The van der Waals surface area contributed by atoms with Crippen LogP contribution in [0.1, 0.15) is 16.8 Å². The smallest absolute Gasteiger partial charge is 0.220 e. The van der Waals surface area contributed by atoms with Crippen LogP contribution in [0.25, 0.3) is 11.3 Å². The molecule has 0 saturated heterocycles. The molecular weight excluding hydrogens is 388 g/mol. The van der Waals surface area contributed by atoms with Crippen LogP contribution in [0.5, 0.6) is 11.5 Å². The first kappa shape index (κ1) is 18.6. The highest BCUT2D eigenvalue weighted by atomic mass is 16.5. The van der Waals surface area contributed by atoms with Gasteiger partial charge in [-0.3, -0.25) is 0 Å². The van der Waals surface area contributed by atoms with E-state index < -0.39 is 0 Å². The largest absolute Gasteiger partial charge is 0.454 e. The van der Waals surface area contributed by atoms with Crippen LogP contribution in [0.15, 0.2) is 77.8 Å². The summed E-state index contributed by atoms with van der Waals surface area (Å²) in [4.78, 5) is 13.3. The molecule has 152 valence electrons. The molecule has 0 radical (unpaired) electrons. The topological polar surface area (TPSA) is 125 Å². The number of hydrogen-bond acceptors (Lipinski definition) is 7. The van der Waals surface area contributed by atoms with E-state index in [1.165, 1.54) is 0 Å². The van der Waals surface area contributed by atoms with Crippen LogP contribution in [0.2, 0.25) is 0 Å². The molecule has 3 aromatic carbocycles. The van der Waals surface area contributed by atoms with Gasteiger partial charge in [0.2, 0.25) is 5.95 Å². The number of nitrogens with two attached hydrogens (primary N) is 3. The number of nitrogen functional groups attached to an aromatic ring is 2. The number of para-hydroxylation sites is 2. The van der Waals surface area contributed by atoms with Gasteiger partial charge < -0.3 is 21.9 Å². The molecule has 0 amide bonds. The number of ether oxygens (including phenoxy) is 1. The van der Waals surface area contributed by atoms with Crippen LogP contribution < -0.4 is 21.9 Å². The molecule has 1 aromatic heterocycles. The molecule has 7 nitrogen and oxygen atoms in total. The van der Waals surface area contributed by atoms with E-state index in [1.807, 2.05) is 66.7 Å². The Kier molecular flexibility index (Phi) is 4.48. The molecule has 7 heteroatoms. The summed E-state index contributed by atoms with van der Waals surface area (Å²) in [5.41, 5.74) is 23.6. The molecule has 0 atom stereocenters. The Balaban J connectivity index is 1.58. The summed E-state index contributed by atoms with van der Waals surface area (Å²) in [5, 5.41) is 0. The molecule has 0 bridgehead atoms. The number of anilines is 2. The summed E-state index contributed by atoms with van der Waals surface area (Å²) >= 11 is 0. The molecule has 0 unspecified atom stereocenters. The van der Waals surface area contributed by atoms with E-state index in [9.17, 15) is 0 Å². The third kappa shape index (κ3) is 3.64. The monoisotopic (exact) mass is 408 g/mol. The first-order valence-corrected chi connectivity index (χ1v) is 9.79. The highest BCUT2D eigenvalue weighted by molar-refractivity contribution is 6.07. The SMILES string of the molecule is NC1=Nc2ccccc2Oc2cc(-c3cc(Cc4ccccc4)nc(N)n3)cc(N)c21. The van der Waals surface area contributed by atoms with Crippen molar-refractivity contribution in [3.05, 3.63) is 89.6 Å². The van der Waals surface area contributed by atoms with Crippen molar-refractivity contribution in [1.29, 1.82) is 0 Å². The molecule has 1 aliphatic rings. The van der Waals surface area contributed by atoms with E-state index in [0.29, 0.717) is 46.4 Å². The maximum absolute atomic E-state index is 6.36. The van der Waals surface area contributed by atoms with E-state index in [1.54, 1.807) is 6.07 Å². The van der Waals surface area contributed by atoms with E-state index in [4.69, 9.17) is 21.9 Å². The van der Waals surface area contributed by atoms with Gasteiger partial charge in [0, 0.05) is 17.7 Å². The van der Waals surface area contributed by atoms with Crippen molar-refractivity contribution in [3.8, 4) is 22.8 Å². The highest BCUT2D eigenvalue weighted by Crippen LogP contribution is 2.40. The second kappa shape index (κ2) is 7.46. The van der Waals surface area contributed by atoms with E-state index in [0.717, 1.165) is 16.8 Å². The van der Waals surface area contributed by atoms with Crippen molar-refractivity contribution in [3.63, 3.8) is 0 Å². The lowest BCUT2D eigenvalue weighted by Crippen LogP contribution is -2.15. The quantitative estimate of drug-likeness (QED) is 0.439. The number of amidine groups is 1. The molecule has 0 saturated carbocycles. The van der Waals surface area contributed by atoms with Gasteiger partial charge in [-0.25, -0.2) is 15.0 Å². The van der Waals surface area contributed by atoms with Crippen molar-refractivity contribution in [2.45, 2.75) is 6.42 Å². The number of benzene rings is 3. The molecule has 0 fully saturated rings. The predicted molar refractivity (Wildman–Crippen MR) is 122 cm³/mol. The van der Waals surface area contributed by atoms with Crippen molar-refractivity contribution >= 4 is 23.2 Å². The number of aromatic nitrogens is 2. The van der Waals surface area contributed by atoms with Crippen LogP contribution in [0.3, 0.4) is 0 Å². The molecule has 6 N–H and O–H groups in total. The lowest BCUT2D eigenvalue weighted by molar-refractivity contribution is 0.485. The number of fused-ring (bicyclic) bond motifs is 2. The average molecular weight is 408 g/mol. The summed E-state index contributed by atoms with van der Waals surface area (Å²) in [5.74, 6) is 1.62. The minimum absolute atomic E-state index is 0.198. The minimum atomic E-state index is 0.198. The van der Waals surface area contributed by atoms with Crippen LogP contribution in [0.4, 0.5) is 17.3 Å². The zero-order chi connectivity index (χ0) is 21.4. The Bertz CT molecular complexity index is 1320. The second-order valence-electron chi connectivity index (χ2n) is 7.27. The van der Waals surface area contributed by atoms with Crippen LogP contribution >= 0.6 is 0 Å². The number of rotatable bonds is 3. The molecule has 0 aliphatic carbocycles. The zero-order valence-corrected chi connectivity index (χ0v) is 16.6. The lowest BCUT2D eigenvalue weighted by Gasteiger charge is -2.14. The third-order valence-electron chi connectivity index (χ3n) is 5.04. The Morgan fingerprint density at radius 2 is 1.55 bits per heavy atom. The lowest BCUT2D eigenvalue weighted by atomic mass is 10.0. The molecule has 5 rings (SSSR count). The number of aliphatic imine (C=N–C) groups is 1. The maximum Gasteiger partial charge on any atom is 0.220 e. The van der Waals surface area contributed by atoms with Crippen LogP contribution in [-0.2, 0) is 6.42 Å². The van der Waals surface area contributed by atoms with Gasteiger partial charge in [-0.2, -0.15) is 0 Å². The number of nitrogens with zero attached hydrogens (tertiary/aromatic N) is 3. The van der Waals surface area contributed by atoms with Crippen molar-refractivity contribution in [1.82, 2.24) is 9.97 Å². The highest BCUT2D eigenvalue weighted by Gasteiger charge is 2.21. The van der Waals surface area contributed by atoms with Crippen molar-refractivity contribution in [2.75, 3.05) is 11.5 Å². The van der Waals surface area contributed by atoms with Gasteiger partial charge in [-0.1, -0.05) is 42.5 Å². The maximum atomic E-state index is 6.36. The fraction of sp³-hybridized carbons (Fsp3) is 0.0417. The normalized spacial score (nSPS) is 12.2. The number of hydrogen-bond donors (Lipinski definition) is 3. The van der Waals surface area contributed by atoms with Gasteiger partial charge in [0.1, 0.15) is 17.3 Å². The Labute approximate surface area is 179 Å². The first-order chi connectivity index (χ1) is 15.1.